The molecule has 2 rings (SSSR count). The molecule has 2 aromatic rings. The molecule has 0 saturated heterocycles. The molecular formula is C12H12N2O. The lowest BCUT2D eigenvalue weighted by Gasteiger charge is -2.00. The normalized spacial score (nSPS) is 10.2. The van der Waals surface area contributed by atoms with Gasteiger partial charge in [-0.2, -0.15) is 0 Å². The predicted molar refractivity (Wildman–Crippen MR) is 59.6 cm³/mol. The number of nitrogens with zero attached hydrogens (tertiary/aromatic N) is 2. The second-order valence-electron chi connectivity index (χ2n) is 3.48. The van der Waals surface area contributed by atoms with Crippen LogP contribution in [0.1, 0.15) is 5.69 Å². The van der Waals surface area contributed by atoms with Crippen LogP contribution in [0.4, 0.5) is 0 Å². The number of fused-ring (bicyclic) bond motifs is 1. The van der Waals surface area contributed by atoms with Gasteiger partial charge in [0.15, 0.2) is 0 Å². The van der Waals surface area contributed by atoms with Gasteiger partial charge in [0.25, 0.3) is 0 Å². The third-order valence-corrected chi connectivity index (χ3v) is 2.60. The first-order chi connectivity index (χ1) is 7.33. The molecule has 0 bridgehead atoms. The van der Waals surface area contributed by atoms with E-state index in [9.17, 15) is 4.79 Å². The molecule has 0 N–H and O–H groups in total. The van der Waals surface area contributed by atoms with Gasteiger partial charge in [0, 0.05) is 24.7 Å². The highest BCUT2D eigenvalue weighted by atomic mass is 16.1. The van der Waals surface area contributed by atoms with Gasteiger partial charge in [0.05, 0.1) is 6.54 Å². The minimum Gasteiger partial charge on any atom is -0.348 e. The van der Waals surface area contributed by atoms with Gasteiger partial charge < -0.3 is 4.57 Å². The zero-order valence-electron chi connectivity index (χ0n) is 8.60. The summed E-state index contributed by atoms with van der Waals surface area (Å²) in [6.45, 7) is 0.508. The summed E-state index contributed by atoms with van der Waals surface area (Å²) in [4.78, 5) is 13.5. The van der Waals surface area contributed by atoms with Crippen molar-refractivity contribution in [2.75, 3.05) is 6.54 Å². The Balaban J connectivity index is 2.35. The minimum absolute atomic E-state index is 0.508. The van der Waals surface area contributed by atoms with Crippen molar-refractivity contribution in [1.82, 2.24) is 4.57 Å². The molecule has 0 fully saturated rings. The van der Waals surface area contributed by atoms with Crippen molar-refractivity contribution < 1.29 is 4.79 Å². The number of para-hydroxylation sites is 1. The average Bonchev–Trinajstić information content (AvgIpc) is 2.57. The maximum atomic E-state index is 9.95. The van der Waals surface area contributed by atoms with E-state index in [1.54, 1.807) is 6.08 Å². The molecule has 0 atom stereocenters. The lowest BCUT2D eigenvalue weighted by atomic mass is 10.2. The largest absolute Gasteiger partial charge is 0.348 e. The van der Waals surface area contributed by atoms with Crippen LogP contribution >= 0.6 is 0 Å². The summed E-state index contributed by atoms with van der Waals surface area (Å²) in [5, 5.41) is 1.23. The van der Waals surface area contributed by atoms with Gasteiger partial charge in [-0.15, -0.1) is 0 Å². The van der Waals surface area contributed by atoms with Crippen LogP contribution in [0.15, 0.2) is 35.3 Å². The standard InChI is InChI=1S/C12H12N2O/c1-14-11(6-7-13-9-15)8-10-4-2-3-5-12(10)14/h2-5,8H,6-7H2,1H3. The number of hydrogen-bond acceptors (Lipinski definition) is 2. The average molecular weight is 200 g/mol. The Kier molecular flexibility index (Phi) is 2.66. The fourth-order valence-corrected chi connectivity index (χ4v) is 1.80. The van der Waals surface area contributed by atoms with Crippen molar-refractivity contribution in [2.24, 2.45) is 12.0 Å². The van der Waals surface area contributed by atoms with E-state index < -0.39 is 0 Å². The molecule has 3 nitrogen and oxygen atoms in total. The molecule has 0 unspecified atom stereocenters. The predicted octanol–water partition coefficient (Wildman–Crippen LogP) is 2.06. The number of benzene rings is 1. The second-order valence-corrected chi connectivity index (χ2v) is 3.48. The zero-order valence-corrected chi connectivity index (χ0v) is 8.60. The van der Waals surface area contributed by atoms with Crippen molar-refractivity contribution in [2.45, 2.75) is 6.42 Å². The third-order valence-electron chi connectivity index (χ3n) is 2.60. The van der Waals surface area contributed by atoms with E-state index >= 15 is 0 Å². The Bertz CT molecular complexity index is 521. The van der Waals surface area contributed by atoms with Crippen molar-refractivity contribution in [3.8, 4) is 0 Å². The van der Waals surface area contributed by atoms with E-state index in [-0.39, 0.29) is 0 Å². The topological polar surface area (TPSA) is 34.4 Å². The fraction of sp³-hybridized carbons (Fsp3) is 0.250. The molecule has 15 heavy (non-hydrogen) atoms. The molecule has 0 aliphatic heterocycles. The minimum atomic E-state index is 0.508. The first-order valence-corrected chi connectivity index (χ1v) is 4.90. The molecule has 1 aromatic heterocycles. The number of rotatable bonds is 3. The molecule has 1 heterocycles. The van der Waals surface area contributed by atoms with E-state index in [0.29, 0.717) is 6.54 Å². The van der Waals surface area contributed by atoms with E-state index in [1.165, 1.54) is 16.6 Å². The van der Waals surface area contributed by atoms with Crippen LogP contribution in [-0.2, 0) is 18.3 Å². The summed E-state index contributed by atoms with van der Waals surface area (Å²) in [6.07, 6.45) is 2.34. The van der Waals surface area contributed by atoms with Crippen LogP contribution in [0.25, 0.3) is 10.9 Å². The highest BCUT2D eigenvalue weighted by Gasteiger charge is 2.03. The van der Waals surface area contributed by atoms with Gasteiger partial charge in [0.2, 0.25) is 6.08 Å². The summed E-state index contributed by atoms with van der Waals surface area (Å²) in [5.41, 5.74) is 2.40. The van der Waals surface area contributed by atoms with Gasteiger partial charge >= 0.3 is 0 Å². The van der Waals surface area contributed by atoms with Crippen LogP contribution in [0.3, 0.4) is 0 Å². The number of aryl methyl sites for hydroxylation is 1. The van der Waals surface area contributed by atoms with Crippen LogP contribution in [0.5, 0.6) is 0 Å². The quantitative estimate of drug-likeness (QED) is 0.551. The molecule has 0 radical (unpaired) electrons. The fourth-order valence-electron chi connectivity index (χ4n) is 1.80. The van der Waals surface area contributed by atoms with Gasteiger partial charge in [-0.05, 0) is 17.5 Å². The summed E-state index contributed by atoms with van der Waals surface area (Å²) in [6, 6.07) is 10.4. The van der Waals surface area contributed by atoms with Gasteiger partial charge in [0.1, 0.15) is 0 Å². The van der Waals surface area contributed by atoms with Crippen molar-refractivity contribution in [3.05, 3.63) is 36.0 Å². The van der Waals surface area contributed by atoms with Gasteiger partial charge in [-0.1, -0.05) is 18.2 Å². The number of aromatic nitrogens is 1. The zero-order chi connectivity index (χ0) is 10.7. The summed E-state index contributed by atoms with van der Waals surface area (Å²) in [5.74, 6) is 0. The summed E-state index contributed by atoms with van der Waals surface area (Å²) < 4.78 is 2.13. The molecule has 0 aliphatic rings. The molecule has 0 spiro atoms. The Hall–Kier alpha value is -1.86. The first kappa shape index (κ1) is 9.69. The number of carbonyl (C=O) groups excluding carboxylic acids is 1. The Morgan fingerprint density at radius 3 is 2.93 bits per heavy atom. The SMILES string of the molecule is Cn1c(CCN=C=O)cc2ccccc21. The van der Waals surface area contributed by atoms with E-state index in [0.717, 1.165) is 6.42 Å². The molecule has 1 aromatic carbocycles. The Labute approximate surface area is 88.0 Å². The maximum Gasteiger partial charge on any atom is 0.234 e. The maximum absolute atomic E-state index is 9.95. The van der Waals surface area contributed by atoms with Crippen molar-refractivity contribution >= 4 is 17.0 Å². The van der Waals surface area contributed by atoms with Crippen molar-refractivity contribution in [1.29, 1.82) is 0 Å². The van der Waals surface area contributed by atoms with Crippen LogP contribution in [-0.4, -0.2) is 17.2 Å². The lowest BCUT2D eigenvalue weighted by molar-refractivity contribution is 0.562. The number of hydrogen-bond donors (Lipinski definition) is 0. The Morgan fingerprint density at radius 1 is 1.40 bits per heavy atom. The molecule has 3 heteroatoms. The van der Waals surface area contributed by atoms with E-state index in [4.69, 9.17) is 0 Å². The number of aliphatic imine (C=N–C) groups is 1. The molecule has 0 saturated carbocycles. The lowest BCUT2D eigenvalue weighted by Crippen LogP contribution is -1.97. The Morgan fingerprint density at radius 2 is 2.20 bits per heavy atom. The van der Waals surface area contributed by atoms with E-state index in [1.807, 2.05) is 19.2 Å². The van der Waals surface area contributed by atoms with Crippen LogP contribution in [0, 0.1) is 0 Å². The summed E-state index contributed by atoms with van der Waals surface area (Å²) >= 11 is 0. The second kappa shape index (κ2) is 4.11. The summed E-state index contributed by atoms with van der Waals surface area (Å²) in [7, 11) is 2.03. The molecular weight excluding hydrogens is 188 g/mol. The van der Waals surface area contributed by atoms with Gasteiger partial charge in [-0.3, -0.25) is 0 Å². The highest BCUT2D eigenvalue weighted by molar-refractivity contribution is 5.81. The smallest absolute Gasteiger partial charge is 0.234 e. The first-order valence-electron chi connectivity index (χ1n) is 4.90. The molecule has 0 amide bonds. The monoisotopic (exact) mass is 200 g/mol. The van der Waals surface area contributed by atoms with Gasteiger partial charge in [-0.25, -0.2) is 9.79 Å². The number of isocyanates is 1. The van der Waals surface area contributed by atoms with E-state index in [2.05, 4.69) is 27.8 Å². The molecule has 76 valence electrons. The molecule has 0 aliphatic carbocycles. The highest BCUT2D eigenvalue weighted by Crippen LogP contribution is 2.18. The van der Waals surface area contributed by atoms with Crippen LogP contribution in [0.2, 0.25) is 0 Å². The van der Waals surface area contributed by atoms with Crippen LogP contribution < -0.4 is 0 Å². The van der Waals surface area contributed by atoms with Crippen molar-refractivity contribution in [3.63, 3.8) is 0 Å². The third kappa shape index (κ3) is 1.83.